The number of anilines is 1. The highest BCUT2D eigenvalue weighted by atomic mass is 16.5. The summed E-state index contributed by atoms with van der Waals surface area (Å²) in [5.41, 5.74) is 3.41. The molecule has 1 aromatic heterocycles. The molecule has 15 heavy (non-hydrogen) atoms. The van der Waals surface area contributed by atoms with Gasteiger partial charge >= 0.3 is 0 Å². The van der Waals surface area contributed by atoms with Crippen LogP contribution in [0, 0.1) is 13.8 Å². The molecule has 4 heteroatoms. The van der Waals surface area contributed by atoms with Crippen molar-refractivity contribution in [2.24, 2.45) is 7.05 Å². The van der Waals surface area contributed by atoms with Crippen LogP contribution < -0.4 is 5.32 Å². The molecule has 0 aliphatic carbocycles. The summed E-state index contributed by atoms with van der Waals surface area (Å²) in [7, 11) is 1.97. The number of rotatable bonds is 3. The molecule has 1 aliphatic rings. The third-order valence-electron chi connectivity index (χ3n) is 3.04. The van der Waals surface area contributed by atoms with E-state index in [9.17, 15) is 0 Å². The van der Waals surface area contributed by atoms with Crippen LogP contribution in [0.1, 0.15) is 24.2 Å². The van der Waals surface area contributed by atoms with Gasteiger partial charge in [-0.15, -0.1) is 0 Å². The fourth-order valence-electron chi connectivity index (χ4n) is 2.05. The predicted octanol–water partition coefficient (Wildman–Crippen LogP) is 1.63. The molecule has 0 saturated carbocycles. The standard InChI is InChI=1S/C11H19N3O/c1-8-11(9(2)14(3)13-8)12-7-10-5-4-6-15-10/h10,12H,4-7H2,1-3H3. The van der Waals surface area contributed by atoms with Crippen LogP contribution in [0.15, 0.2) is 0 Å². The first kappa shape index (κ1) is 10.5. The highest BCUT2D eigenvalue weighted by molar-refractivity contribution is 5.51. The van der Waals surface area contributed by atoms with Gasteiger partial charge in [-0.05, 0) is 26.7 Å². The number of aryl methyl sites for hydroxylation is 2. The van der Waals surface area contributed by atoms with E-state index in [2.05, 4.69) is 17.3 Å². The number of nitrogens with zero attached hydrogens (tertiary/aromatic N) is 2. The molecule has 1 aromatic rings. The molecule has 4 nitrogen and oxygen atoms in total. The van der Waals surface area contributed by atoms with E-state index in [1.165, 1.54) is 18.5 Å². The Kier molecular flexibility index (Phi) is 2.95. The number of aromatic nitrogens is 2. The van der Waals surface area contributed by atoms with Crippen molar-refractivity contribution < 1.29 is 4.74 Å². The van der Waals surface area contributed by atoms with Gasteiger partial charge in [0.05, 0.1) is 23.2 Å². The highest BCUT2D eigenvalue weighted by Gasteiger charge is 2.16. The van der Waals surface area contributed by atoms with Crippen molar-refractivity contribution in [3.63, 3.8) is 0 Å². The minimum atomic E-state index is 0.379. The lowest BCUT2D eigenvalue weighted by Gasteiger charge is -2.11. The topological polar surface area (TPSA) is 39.1 Å². The molecule has 0 amide bonds. The first-order valence-electron chi connectivity index (χ1n) is 5.54. The van der Waals surface area contributed by atoms with Gasteiger partial charge in [-0.3, -0.25) is 4.68 Å². The van der Waals surface area contributed by atoms with Gasteiger partial charge in [-0.25, -0.2) is 0 Å². The van der Waals surface area contributed by atoms with E-state index < -0.39 is 0 Å². The Hall–Kier alpha value is -1.03. The number of hydrogen-bond acceptors (Lipinski definition) is 3. The second kappa shape index (κ2) is 4.23. The van der Waals surface area contributed by atoms with Crippen LogP contribution >= 0.6 is 0 Å². The molecule has 0 spiro atoms. The second-order valence-electron chi connectivity index (χ2n) is 4.19. The van der Waals surface area contributed by atoms with E-state index in [4.69, 9.17) is 4.74 Å². The summed E-state index contributed by atoms with van der Waals surface area (Å²) in [6.45, 7) is 5.92. The van der Waals surface area contributed by atoms with Crippen molar-refractivity contribution in [3.8, 4) is 0 Å². The van der Waals surface area contributed by atoms with Crippen molar-refractivity contribution in [1.29, 1.82) is 0 Å². The zero-order chi connectivity index (χ0) is 10.8. The average Bonchev–Trinajstić information content (AvgIpc) is 2.76. The van der Waals surface area contributed by atoms with Crippen molar-refractivity contribution >= 4 is 5.69 Å². The lowest BCUT2D eigenvalue weighted by Crippen LogP contribution is -2.19. The lowest BCUT2D eigenvalue weighted by atomic mass is 10.2. The van der Waals surface area contributed by atoms with Gasteiger partial charge in [-0.2, -0.15) is 5.10 Å². The first-order valence-corrected chi connectivity index (χ1v) is 5.54. The molecule has 2 heterocycles. The second-order valence-corrected chi connectivity index (χ2v) is 4.19. The number of hydrogen-bond donors (Lipinski definition) is 1. The zero-order valence-corrected chi connectivity index (χ0v) is 9.71. The smallest absolute Gasteiger partial charge is 0.0827 e. The lowest BCUT2D eigenvalue weighted by molar-refractivity contribution is 0.120. The Morgan fingerprint density at radius 3 is 2.87 bits per heavy atom. The fraction of sp³-hybridized carbons (Fsp3) is 0.727. The molecular weight excluding hydrogens is 190 g/mol. The van der Waals surface area contributed by atoms with Crippen LogP contribution in [0.4, 0.5) is 5.69 Å². The number of nitrogens with one attached hydrogen (secondary N) is 1. The average molecular weight is 209 g/mol. The molecule has 1 atom stereocenters. The van der Waals surface area contributed by atoms with Crippen LogP contribution in [0.3, 0.4) is 0 Å². The molecule has 0 radical (unpaired) electrons. The van der Waals surface area contributed by atoms with Crippen molar-refractivity contribution in [2.75, 3.05) is 18.5 Å². The molecule has 1 N–H and O–H groups in total. The molecular formula is C11H19N3O. The van der Waals surface area contributed by atoms with Crippen LogP contribution in [0.25, 0.3) is 0 Å². The van der Waals surface area contributed by atoms with Crippen LogP contribution in [-0.2, 0) is 11.8 Å². The summed E-state index contributed by atoms with van der Waals surface area (Å²) < 4.78 is 7.48. The van der Waals surface area contributed by atoms with E-state index in [1.807, 2.05) is 18.7 Å². The van der Waals surface area contributed by atoms with E-state index in [-0.39, 0.29) is 0 Å². The maximum Gasteiger partial charge on any atom is 0.0827 e. The minimum absolute atomic E-state index is 0.379. The van der Waals surface area contributed by atoms with Crippen molar-refractivity contribution in [1.82, 2.24) is 9.78 Å². The van der Waals surface area contributed by atoms with Crippen LogP contribution in [-0.4, -0.2) is 29.0 Å². The van der Waals surface area contributed by atoms with Gasteiger partial charge in [0, 0.05) is 20.2 Å². The molecule has 0 aromatic carbocycles. The summed E-state index contributed by atoms with van der Waals surface area (Å²) in [5.74, 6) is 0. The van der Waals surface area contributed by atoms with Crippen LogP contribution in [0.5, 0.6) is 0 Å². The Balaban J connectivity index is 1.97. The van der Waals surface area contributed by atoms with Crippen molar-refractivity contribution in [2.45, 2.75) is 32.8 Å². The van der Waals surface area contributed by atoms with Gasteiger partial charge in [0.2, 0.25) is 0 Å². The maximum atomic E-state index is 5.57. The monoisotopic (exact) mass is 209 g/mol. The Morgan fingerprint density at radius 2 is 2.33 bits per heavy atom. The van der Waals surface area contributed by atoms with Crippen LogP contribution in [0.2, 0.25) is 0 Å². The summed E-state index contributed by atoms with van der Waals surface area (Å²) in [4.78, 5) is 0. The van der Waals surface area contributed by atoms with E-state index in [0.29, 0.717) is 6.10 Å². The first-order chi connectivity index (χ1) is 7.18. The van der Waals surface area contributed by atoms with E-state index >= 15 is 0 Å². The zero-order valence-electron chi connectivity index (χ0n) is 9.71. The van der Waals surface area contributed by atoms with E-state index in [1.54, 1.807) is 0 Å². The fourth-order valence-corrected chi connectivity index (χ4v) is 2.05. The summed E-state index contributed by atoms with van der Waals surface area (Å²) in [6.07, 6.45) is 2.74. The van der Waals surface area contributed by atoms with Gasteiger partial charge in [0.15, 0.2) is 0 Å². The molecule has 2 rings (SSSR count). The van der Waals surface area contributed by atoms with Gasteiger partial charge in [0.25, 0.3) is 0 Å². The predicted molar refractivity (Wildman–Crippen MR) is 60.1 cm³/mol. The third-order valence-corrected chi connectivity index (χ3v) is 3.04. The largest absolute Gasteiger partial charge is 0.379 e. The molecule has 1 fully saturated rings. The van der Waals surface area contributed by atoms with Crippen molar-refractivity contribution in [3.05, 3.63) is 11.4 Å². The summed E-state index contributed by atoms with van der Waals surface area (Å²) in [5, 5.41) is 7.80. The summed E-state index contributed by atoms with van der Waals surface area (Å²) in [6, 6.07) is 0. The van der Waals surface area contributed by atoms with Gasteiger partial charge in [0.1, 0.15) is 0 Å². The third kappa shape index (κ3) is 2.15. The molecule has 1 aliphatic heterocycles. The Bertz CT molecular complexity index is 340. The SMILES string of the molecule is Cc1nn(C)c(C)c1NCC1CCCO1. The summed E-state index contributed by atoms with van der Waals surface area (Å²) >= 11 is 0. The number of ether oxygens (including phenoxy) is 1. The highest BCUT2D eigenvalue weighted by Crippen LogP contribution is 2.19. The van der Waals surface area contributed by atoms with Gasteiger partial charge in [-0.1, -0.05) is 0 Å². The maximum absolute atomic E-state index is 5.57. The Labute approximate surface area is 90.6 Å². The van der Waals surface area contributed by atoms with Gasteiger partial charge < -0.3 is 10.1 Å². The molecule has 84 valence electrons. The normalized spacial score (nSPS) is 20.9. The van der Waals surface area contributed by atoms with E-state index in [0.717, 1.165) is 24.5 Å². The molecule has 1 saturated heterocycles. The Morgan fingerprint density at radius 1 is 1.53 bits per heavy atom. The molecule has 0 bridgehead atoms. The molecule has 1 unspecified atom stereocenters. The quantitative estimate of drug-likeness (QED) is 0.822. The minimum Gasteiger partial charge on any atom is -0.379 e.